The van der Waals surface area contributed by atoms with Crippen LogP contribution in [0.15, 0.2) is 83.8 Å². The van der Waals surface area contributed by atoms with Gasteiger partial charge in [0, 0.05) is 42.8 Å². The van der Waals surface area contributed by atoms with E-state index in [1.165, 1.54) is 10.5 Å². The van der Waals surface area contributed by atoms with E-state index in [9.17, 15) is 14.4 Å². The van der Waals surface area contributed by atoms with Crippen LogP contribution in [0.1, 0.15) is 40.0 Å². The molecule has 3 amide bonds. The molecule has 0 aliphatic carbocycles. The van der Waals surface area contributed by atoms with Crippen LogP contribution < -0.4 is 0 Å². The summed E-state index contributed by atoms with van der Waals surface area (Å²) in [6.45, 7) is 5.29. The van der Waals surface area contributed by atoms with Crippen LogP contribution in [0.5, 0.6) is 0 Å². The lowest BCUT2D eigenvalue weighted by molar-refractivity contribution is -0.123. The Balaban J connectivity index is 1.23. The normalized spacial score (nSPS) is 18.3. The van der Waals surface area contributed by atoms with E-state index in [1.807, 2.05) is 29.2 Å². The van der Waals surface area contributed by atoms with E-state index in [1.54, 1.807) is 36.4 Å². The number of nitrogens with zero attached hydrogens (tertiary/aromatic N) is 3. The third-order valence-electron chi connectivity index (χ3n) is 6.97. The Morgan fingerprint density at radius 2 is 1.68 bits per heavy atom. The molecule has 194 valence electrons. The van der Waals surface area contributed by atoms with Crippen LogP contribution in [0.2, 0.25) is 5.02 Å². The average Bonchev–Trinajstić information content (AvgIpc) is 3.20. The van der Waals surface area contributed by atoms with Crippen LogP contribution >= 0.6 is 23.4 Å². The standard InChI is InChI=1S/C30H28ClN3O3S/c1-21(24-9-3-2-4-10-24)32-13-15-33(16-14-32)28(35)25-11-5-7-22(17-25)19-27-29(36)34(30(37)38-27)20-23-8-6-12-26(31)18-23/h2-12,17-19,21H,13-16,20H2,1H3/b27-19-/t21-/m0/s1. The molecule has 5 rings (SSSR count). The topological polar surface area (TPSA) is 60.9 Å². The molecule has 3 aromatic carbocycles. The molecule has 3 aromatic rings. The fourth-order valence-corrected chi connectivity index (χ4v) is 5.86. The number of carbonyl (C=O) groups is 3. The van der Waals surface area contributed by atoms with Gasteiger partial charge in [-0.15, -0.1) is 0 Å². The fourth-order valence-electron chi connectivity index (χ4n) is 4.80. The number of halogens is 1. The summed E-state index contributed by atoms with van der Waals surface area (Å²) < 4.78 is 0. The van der Waals surface area contributed by atoms with E-state index in [0.717, 1.165) is 30.4 Å². The summed E-state index contributed by atoms with van der Waals surface area (Å²) >= 11 is 6.95. The number of amides is 3. The Hall–Kier alpha value is -3.39. The lowest BCUT2D eigenvalue weighted by Crippen LogP contribution is -2.49. The van der Waals surface area contributed by atoms with E-state index in [4.69, 9.17) is 11.6 Å². The average molecular weight is 546 g/mol. The lowest BCUT2D eigenvalue weighted by Gasteiger charge is -2.38. The highest BCUT2D eigenvalue weighted by atomic mass is 35.5. The molecule has 2 fully saturated rings. The first kappa shape index (κ1) is 26.2. The quantitative estimate of drug-likeness (QED) is 0.350. The molecule has 1 atom stereocenters. The molecule has 2 aliphatic rings. The van der Waals surface area contributed by atoms with Gasteiger partial charge in [-0.3, -0.25) is 24.2 Å². The summed E-state index contributed by atoms with van der Waals surface area (Å²) in [7, 11) is 0. The number of hydrogen-bond acceptors (Lipinski definition) is 5. The van der Waals surface area contributed by atoms with Gasteiger partial charge in [0.15, 0.2) is 0 Å². The van der Waals surface area contributed by atoms with Crippen molar-refractivity contribution in [3.05, 3.63) is 111 Å². The van der Waals surface area contributed by atoms with E-state index in [2.05, 4.69) is 36.1 Å². The van der Waals surface area contributed by atoms with Gasteiger partial charge in [-0.2, -0.15) is 0 Å². The molecule has 2 heterocycles. The van der Waals surface area contributed by atoms with Crippen molar-refractivity contribution in [2.45, 2.75) is 19.5 Å². The van der Waals surface area contributed by atoms with Gasteiger partial charge in [-0.05, 0) is 65.7 Å². The van der Waals surface area contributed by atoms with Crippen molar-refractivity contribution in [3.8, 4) is 0 Å². The van der Waals surface area contributed by atoms with Crippen LogP contribution in [0, 0.1) is 0 Å². The number of thioether (sulfide) groups is 1. The third-order valence-corrected chi connectivity index (χ3v) is 8.11. The Bertz CT molecular complexity index is 1390. The minimum Gasteiger partial charge on any atom is -0.336 e. The number of imide groups is 1. The number of benzene rings is 3. The maximum Gasteiger partial charge on any atom is 0.293 e. The number of piperazine rings is 1. The van der Waals surface area contributed by atoms with Crippen LogP contribution in [-0.2, 0) is 11.3 Å². The second kappa shape index (κ2) is 11.6. The molecule has 0 spiro atoms. The molecule has 2 aliphatic heterocycles. The molecule has 8 heteroatoms. The van der Waals surface area contributed by atoms with E-state index in [0.29, 0.717) is 40.2 Å². The highest BCUT2D eigenvalue weighted by Crippen LogP contribution is 2.33. The maximum atomic E-state index is 13.3. The fraction of sp³-hybridized carbons (Fsp3) is 0.233. The molecule has 2 saturated heterocycles. The lowest BCUT2D eigenvalue weighted by atomic mass is 10.1. The monoisotopic (exact) mass is 545 g/mol. The Labute approximate surface area is 231 Å². The van der Waals surface area contributed by atoms with Gasteiger partial charge >= 0.3 is 0 Å². The second-order valence-corrected chi connectivity index (χ2v) is 10.9. The second-order valence-electron chi connectivity index (χ2n) is 9.44. The van der Waals surface area contributed by atoms with Crippen LogP contribution in [0.4, 0.5) is 4.79 Å². The molecule has 0 radical (unpaired) electrons. The van der Waals surface area contributed by atoms with Gasteiger partial charge in [0.2, 0.25) is 0 Å². The summed E-state index contributed by atoms with van der Waals surface area (Å²) in [5, 5.41) is 0.231. The van der Waals surface area contributed by atoms with Crippen molar-refractivity contribution < 1.29 is 14.4 Å². The molecular weight excluding hydrogens is 518 g/mol. The van der Waals surface area contributed by atoms with Gasteiger partial charge in [0.25, 0.3) is 17.1 Å². The number of hydrogen-bond donors (Lipinski definition) is 0. The van der Waals surface area contributed by atoms with Crippen molar-refractivity contribution >= 4 is 46.5 Å². The zero-order valence-electron chi connectivity index (χ0n) is 21.0. The summed E-state index contributed by atoms with van der Waals surface area (Å²) in [5.41, 5.74) is 3.34. The summed E-state index contributed by atoms with van der Waals surface area (Å²) in [5.74, 6) is -0.373. The zero-order chi connectivity index (χ0) is 26.6. The van der Waals surface area contributed by atoms with Gasteiger partial charge < -0.3 is 4.90 Å². The first-order valence-corrected chi connectivity index (χ1v) is 13.8. The Kier molecular flexibility index (Phi) is 7.98. The molecule has 0 saturated carbocycles. The van der Waals surface area contributed by atoms with Crippen LogP contribution in [0.3, 0.4) is 0 Å². The first-order chi connectivity index (χ1) is 18.4. The van der Waals surface area contributed by atoms with E-state index >= 15 is 0 Å². The summed E-state index contributed by atoms with van der Waals surface area (Å²) in [4.78, 5) is 44.6. The summed E-state index contributed by atoms with van der Waals surface area (Å²) in [6.07, 6.45) is 1.68. The van der Waals surface area contributed by atoms with Crippen molar-refractivity contribution in [2.75, 3.05) is 26.2 Å². The first-order valence-electron chi connectivity index (χ1n) is 12.6. The van der Waals surface area contributed by atoms with Crippen molar-refractivity contribution in [1.29, 1.82) is 0 Å². The molecule has 0 unspecified atom stereocenters. The smallest absolute Gasteiger partial charge is 0.293 e. The van der Waals surface area contributed by atoms with Crippen molar-refractivity contribution in [3.63, 3.8) is 0 Å². The van der Waals surface area contributed by atoms with Gasteiger partial charge in [-0.25, -0.2) is 0 Å². The van der Waals surface area contributed by atoms with Crippen molar-refractivity contribution in [1.82, 2.24) is 14.7 Å². The Morgan fingerprint density at radius 1 is 0.947 bits per heavy atom. The molecule has 0 aromatic heterocycles. The molecule has 0 bridgehead atoms. The van der Waals surface area contributed by atoms with Crippen molar-refractivity contribution in [2.24, 2.45) is 0 Å². The highest BCUT2D eigenvalue weighted by Gasteiger charge is 2.35. The predicted molar refractivity (Wildman–Crippen MR) is 152 cm³/mol. The van der Waals surface area contributed by atoms with Gasteiger partial charge in [-0.1, -0.05) is 66.2 Å². The van der Waals surface area contributed by atoms with Gasteiger partial charge in [0.05, 0.1) is 11.4 Å². The third kappa shape index (κ3) is 5.85. The molecule has 6 nitrogen and oxygen atoms in total. The summed E-state index contributed by atoms with van der Waals surface area (Å²) in [6, 6.07) is 25.0. The zero-order valence-corrected chi connectivity index (χ0v) is 22.6. The van der Waals surface area contributed by atoms with E-state index in [-0.39, 0.29) is 23.6 Å². The minimum atomic E-state index is -0.347. The van der Waals surface area contributed by atoms with Gasteiger partial charge in [0.1, 0.15) is 0 Å². The maximum absolute atomic E-state index is 13.3. The largest absolute Gasteiger partial charge is 0.336 e. The predicted octanol–water partition coefficient (Wildman–Crippen LogP) is 6.10. The van der Waals surface area contributed by atoms with E-state index < -0.39 is 0 Å². The molecule has 0 N–H and O–H groups in total. The van der Waals surface area contributed by atoms with Crippen LogP contribution in [0.25, 0.3) is 6.08 Å². The Morgan fingerprint density at radius 3 is 2.42 bits per heavy atom. The molecule has 38 heavy (non-hydrogen) atoms. The van der Waals surface area contributed by atoms with Crippen LogP contribution in [-0.4, -0.2) is 57.9 Å². The number of rotatable bonds is 6. The SMILES string of the molecule is C[C@@H](c1ccccc1)N1CCN(C(=O)c2cccc(/C=C3\SC(=O)N(Cc4cccc(Cl)c4)C3=O)c2)CC1. The number of carbonyl (C=O) groups excluding carboxylic acids is 3. The highest BCUT2D eigenvalue weighted by molar-refractivity contribution is 8.18. The minimum absolute atomic E-state index is 0.0266. The molecular formula is C30H28ClN3O3S.